The Kier molecular flexibility index (Phi) is 5.02. The van der Waals surface area contributed by atoms with Gasteiger partial charge in [-0.3, -0.25) is 19.7 Å². The molecule has 5 rings (SSSR count). The maximum absolute atomic E-state index is 12.8. The lowest BCUT2D eigenvalue weighted by Crippen LogP contribution is -2.52. The average Bonchev–Trinajstić information content (AvgIpc) is 3.38. The SMILES string of the molecule is O=C1CCC(N2Cc3cc(CNc4nc(N5CCNCC5)n[nH]4)ccc3C2=O)C(=O)N1. The van der Waals surface area contributed by atoms with Crippen molar-refractivity contribution in [3.63, 3.8) is 0 Å². The molecule has 2 fully saturated rings. The molecule has 1 aromatic carbocycles. The number of hydrogen-bond acceptors (Lipinski definition) is 8. The van der Waals surface area contributed by atoms with Crippen molar-refractivity contribution in [2.45, 2.75) is 32.0 Å². The molecule has 31 heavy (non-hydrogen) atoms. The molecule has 0 radical (unpaired) electrons. The molecular weight excluding hydrogens is 400 g/mol. The van der Waals surface area contributed by atoms with Crippen molar-refractivity contribution >= 4 is 29.6 Å². The Morgan fingerprint density at radius 3 is 2.81 bits per heavy atom. The van der Waals surface area contributed by atoms with E-state index in [-0.39, 0.29) is 18.2 Å². The highest BCUT2D eigenvalue weighted by molar-refractivity contribution is 6.05. The molecule has 3 aliphatic heterocycles. The van der Waals surface area contributed by atoms with Gasteiger partial charge in [-0.15, -0.1) is 5.10 Å². The van der Waals surface area contributed by atoms with E-state index in [1.165, 1.54) is 0 Å². The van der Waals surface area contributed by atoms with Gasteiger partial charge in [0.25, 0.3) is 5.91 Å². The number of nitrogens with one attached hydrogen (secondary N) is 4. The van der Waals surface area contributed by atoms with Gasteiger partial charge >= 0.3 is 0 Å². The van der Waals surface area contributed by atoms with Crippen LogP contribution in [0.15, 0.2) is 18.2 Å². The molecule has 11 heteroatoms. The summed E-state index contributed by atoms with van der Waals surface area (Å²) in [5, 5.41) is 16.1. The van der Waals surface area contributed by atoms with Gasteiger partial charge in [-0.1, -0.05) is 12.1 Å². The molecule has 0 spiro atoms. The Hall–Kier alpha value is -3.47. The van der Waals surface area contributed by atoms with Crippen LogP contribution in [-0.4, -0.2) is 70.0 Å². The van der Waals surface area contributed by atoms with Gasteiger partial charge in [-0.2, -0.15) is 4.98 Å². The number of piperazine rings is 1. The van der Waals surface area contributed by atoms with E-state index >= 15 is 0 Å². The summed E-state index contributed by atoms with van der Waals surface area (Å²) in [4.78, 5) is 44.5. The minimum atomic E-state index is -0.600. The summed E-state index contributed by atoms with van der Waals surface area (Å²) in [6, 6.07) is 5.06. The predicted molar refractivity (Wildman–Crippen MR) is 111 cm³/mol. The molecule has 2 aromatic rings. The number of carbonyl (C=O) groups is 3. The van der Waals surface area contributed by atoms with Crippen molar-refractivity contribution in [3.05, 3.63) is 34.9 Å². The van der Waals surface area contributed by atoms with E-state index in [9.17, 15) is 14.4 Å². The maximum Gasteiger partial charge on any atom is 0.255 e. The van der Waals surface area contributed by atoms with Gasteiger partial charge in [-0.05, 0) is 23.6 Å². The molecule has 0 saturated carbocycles. The molecule has 162 valence electrons. The van der Waals surface area contributed by atoms with Gasteiger partial charge in [0, 0.05) is 51.3 Å². The largest absolute Gasteiger partial charge is 0.350 e. The Bertz CT molecular complexity index is 1030. The maximum atomic E-state index is 12.8. The lowest BCUT2D eigenvalue weighted by molar-refractivity contribution is -0.136. The highest BCUT2D eigenvalue weighted by Gasteiger charge is 2.39. The zero-order chi connectivity index (χ0) is 21.4. The van der Waals surface area contributed by atoms with Crippen LogP contribution < -0.4 is 20.9 Å². The van der Waals surface area contributed by atoms with Crippen molar-refractivity contribution in [2.24, 2.45) is 0 Å². The molecule has 3 amide bonds. The third kappa shape index (κ3) is 3.83. The van der Waals surface area contributed by atoms with Crippen LogP contribution in [0.2, 0.25) is 0 Å². The second-order valence-corrected chi connectivity index (χ2v) is 7.97. The van der Waals surface area contributed by atoms with E-state index in [0.717, 1.165) is 37.3 Å². The highest BCUT2D eigenvalue weighted by Crippen LogP contribution is 2.28. The summed E-state index contributed by atoms with van der Waals surface area (Å²) >= 11 is 0. The van der Waals surface area contributed by atoms with Gasteiger partial charge in [0.2, 0.25) is 23.7 Å². The van der Waals surface area contributed by atoms with Gasteiger partial charge in [-0.25, -0.2) is 5.10 Å². The van der Waals surface area contributed by atoms with Crippen molar-refractivity contribution in [2.75, 3.05) is 36.4 Å². The molecule has 2 saturated heterocycles. The number of aromatic nitrogens is 3. The number of piperidine rings is 1. The van der Waals surface area contributed by atoms with E-state index in [0.29, 0.717) is 37.0 Å². The molecule has 0 aliphatic carbocycles. The first kappa shape index (κ1) is 19.5. The third-order valence-corrected chi connectivity index (χ3v) is 5.92. The van der Waals surface area contributed by atoms with Gasteiger partial charge in [0.15, 0.2) is 0 Å². The molecule has 11 nitrogen and oxygen atoms in total. The van der Waals surface area contributed by atoms with E-state index in [4.69, 9.17) is 0 Å². The highest BCUT2D eigenvalue weighted by atomic mass is 16.2. The van der Waals surface area contributed by atoms with Crippen molar-refractivity contribution in [1.82, 2.24) is 30.7 Å². The van der Waals surface area contributed by atoms with Crippen molar-refractivity contribution in [3.8, 4) is 0 Å². The molecular formula is C20H24N8O3. The zero-order valence-electron chi connectivity index (χ0n) is 17.0. The number of anilines is 2. The first-order valence-corrected chi connectivity index (χ1v) is 10.5. The second kappa shape index (κ2) is 7.99. The molecule has 4 heterocycles. The number of H-pyrrole nitrogens is 1. The van der Waals surface area contributed by atoms with Crippen LogP contribution in [0.3, 0.4) is 0 Å². The van der Waals surface area contributed by atoms with Crippen LogP contribution in [0.1, 0.15) is 34.3 Å². The number of fused-ring (bicyclic) bond motifs is 1. The number of aromatic amines is 1. The first-order chi connectivity index (χ1) is 15.1. The monoisotopic (exact) mass is 424 g/mol. The normalized spacial score (nSPS) is 21.3. The van der Waals surface area contributed by atoms with Gasteiger partial charge in [0.1, 0.15) is 6.04 Å². The van der Waals surface area contributed by atoms with Crippen LogP contribution >= 0.6 is 0 Å². The van der Waals surface area contributed by atoms with Gasteiger partial charge in [0.05, 0.1) is 0 Å². The fourth-order valence-corrected chi connectivity index (χ4v) is 4.26. The zero-order valence-corrected chi connectivity index (χ0v) is 17.0. The van der Waals surface area contributed by atoms with E-state index in [1.54, 1.807) is 11.0 Å². The van der Waals surface area contributed by atoms with Crippen molar-refractivity contribution in [1.29, 1.82) is 0 Å². The lowest BCUT2D eigenvalue weighted by atomic mass is 10.0. The van der Waals surface area contributed by atoms with E-state index in [1.807, 2.05) is 12.1 Å². The fourth-order valence-electron chi connectivity index (χ4n) is 4.26. The standard InChI is InChI=1S/C20H24N8O3/c29-16-4-3-15(17(30)23-16)28-11-13-9-12(1-2-14(13)18(28)31)10-22-19-24-20(26-25-19)27-7-5-21-6-8-27/h1-2,9,15,21H,3-8,10-11H2,(H,23,29,30)(H2,22,24,25,26). The molecule has 3 aliphatic rings. The number of rotatable bonds is 5. The van der Waals surface area contributed by atoms with Crippen LogP contribution in [0.4, 0.5) is 11.9 Å². The summed E-state index contributed by atoms with van der Waals surface area (Å²) in [5.41, 5.74) is 2.49. The number of imide groups is 1. The topological polar surface area (TPSA) is 135 Å². The molecule has 4 N–H and O–H groups in total. The van der Waals surface area contributed by atoms with Crippen LogP contribution in [0.25, 0.3) is 0 Å². The summed E-state index contributed by atoms with van der Waals surface area (Å²) in [6.07, 6.45) is 0.610. The van der Waals surface area contributed by atoms with Crippen molar-refractivity contribution < 1.29 is 14.4 Å². The number of amides is 3. The lowest BCUT2D eigenvalue weighted by Gasteiger charge is -2.29. The van der Waals surface area contributed by atoms with Crippen LogP contribution in [-0.2, 0) is 22.7 Å². The summed E-state index contributed by atoms with van der Waals surface area (Å²) in [7, 11) is 0. The Labute approximate surface area is 178 Å². The quantitative estimate of drug-likeness (QED) is 0.476. The second-order valence-electron chi connectivity index (χ2n) is 7.97. The number of carbonyl (C=O) groups excluding carboxylic acids is 3. The van der Waals surface area contributed by atoms with Crippen LogP contribution in [0, 0.1) is 0 Å². The number of benzene rings is 1. The minimum Gasteiger partial charge on any atom is -0.350 e. The average molecular weight is 424 g/mol. The Morgan fingerprint density at radius 1 is 1.16 bits per heavy atom. The first-order valence-electron chi connectivity index (χ1n) is 10.5. The summed E-state index contributed by atoms with van der Waals surface area (Å²) in [6.45, 7) is 4.47. The van der Waals surface area contributed by atoms with Crippen LogP contribution in [0.5, 0.6) is 0 Å². The van der Waals surface area contributed by atoms with E-state index in [2.05, 4.69) is 36.0 Å². The number of hydrogen-bond donors (Lipinski definition) is 4. The fraction of sp³-hybridized carbons (Fsp3) is 0.450. The summed E-state index contributed by atoms with van der Waals surface area (Å²) < 4.78 is 0. The molecule has 1 atom stereocenters. The Morgan fingerprint density at radius 2 is 2.00 bits per heavy atom. The van der Waals surface area contributed by atoms with E-state index < -0.39 is 11.9 Å². The number of nitrogens with zero attached hydrogens (tertiary/aromatic N) is 4. The Balaban J connectivity index is 1.23. The minimum absolute atomic E-state index is 0.167. The summed E-state index contributed by atoms with van der Waals surface area (Å²) in [5.74, 6) is 0.426. The smallest absolute Gasteiger partial charge is 0.255 e. The predicted octanol–water partition coefficient (Wildman–Crippen LogP) is -0.413. The molecule has 1 aromatic heterocycles. The molecule has 0 bridgehead atoms. The van der Waals surface area contributed by atoms with Gasteiger partial charge < -0.3 is 20.4 Å². The third-order valence-electron chi connectivity index (χ3n) is 5.92. The molecule has 1 unspecified atom stereocenters.